The SMILES string of the molecule is O=C(CCCCCn1c(=S)[nH]c2ccccc2c1=O)N1CCN(c2ccc(Cl)c(Cl)c2)CC1. The second kappa shape index (κ2) is 10.7. The number of nitrogens with zero attached hydrogens (tertiary/aromatic N) is 3. The molecule has 6 nitrogen and oxygen atoms in total. The zero-order valence-corrected chi connectivity index (χ0v) is 20.6. The monoisotopic (exact) mass is 504 g/mol. The van der Waals surface area contributed by atoms with Crippen LogP contribution < -0.4 is 10.5 Å². The number of carbonyl (C=O) groups excluding carboxylic acids is 1. The van der Waals surface area contributed by atoms with Gasteiger partial charge in [-0.3, -0.25) is 14.2 Å². The van der Waals surface area contributed by atoms with Crippen LogP contribution in [0.3, 0.4) is 0 Å². The van der Waals surface area contributed by atoms with E-state index < -0.39 is 0 Å². The quantitative estimate of drug-likeness (QED) is 0.351. The fourth-order valence-corrected chi connectivity index (χ4v) is 4.76. The van der Waals surface area contributed by atoms with Crippen molar-refractivity contribution in [1.82, 2.24) is 14.5 Å². The highest BCUT2D eigenvalue weighted by Gasteiger charge is 2.21. The van der Waals surface area contributed by atoms with Crippen LogP contribution in [0.2, 0.25) is 10.0 Å². The van der Waals surface area contributed by atoms with Gasteiger partial charge in [0.2, 0.25) is 5.91 Å². The maximum Gasteiger partial charge on any atom is 0.262 e. The van der Waals surface area contributed by atoms with Gasteiger partial charge >= 0.3 is 0 Å². The molecule has 1 aliphatic heterocycles. The molecule has 0 unspecified atom stereocenters. The number of aromatic nitrogens is 2. The summed E-state index contributed by atoms with van der Waals surface area (Å²) >= 11 is 17.5. The smallest absolute Gasteiger partial charge is 0.262 e. The number of piperazine rings is 1. The zero-order valence-electron chi connectivity index (χ0n) is 18.2. The lowest BCUT2D eigenvalue weighted by Gasteiger charge is -2.36. The van der Waals surface area contributed by atoms with Crippen molar-refractivity contribution < 1.29 is 4.79 Å². The van der Waals surface area contributed by atoms with Gasteiger partial charge in [-0.25, -0.2) is 0 Å². The average molecular weight is 505 g/mol. The molecule has 0 aliphatic carbocycles. The third kappa shape index (κ3) is 5.60. The summed E-state index contributed by atoms with van der Waals surface area (Å²) in [5.74, 6) is 0.184. The largest absolute Gasteiger partial charge is 0.368 e. The molecule has 1 saturated heterocycles. The van der Waals surface area contributed by atoms with Crippen molar-refractivity contribution in [2.75, 3.05) is 31.1 Å². The van der Waals surface area contributed by atoms with Crippen LogP contribution >= 0.6 is 35.4 Å². The van der Waals surface area contributed by atoms with Crippen LogP contribution in [0.25, 0.3) is 10.9 Å². The summed E-state index contributed by atoms with van der Waals surface area (Å²) in [4.78, 5) is 32.6. The summed E-state index contributed by atoms with van der Waals surface area (Å²) in [5, 5.41) is 1.72. The Kier molecular flexibility index (Phi) is 7.73. The van der Waals surface area contributed by atoms with E-state index in [1.54, 1.807) is 16.7 Å². The summed E-state index contributed by atoms with van der Waals surface area (Å²) < 4.78 is 2.05. The molecular formula is C24H26Cl2N4O2S. The van der Waals surface area contributed by atoms with Gasteiger partial charge in [0.25, 0.3) is 5.56 Å². The van der Waals surface area contributed by atoms with Gasteiger partial charge in [-0.05, 0) is 55.4 Å². The average Bonchev–Trinajstić information content (AvgIpc) is 2.82. The fourth-order valence-electron chi connectivity index (χ4n) is 4.18. The first-order valence-corrected chi connectivity index (χ1v) is 12.3. The number of benzene rings is 2. The molecule has 1 fully saturated rings. The fraction of sp³-hybridized carbons (Fsp3) is 0.375. The number of hydrogen-bond acceptors (Lipinski definition) is 4. The predicted octanol–water partition coefficient (Wildman–Crippen LogP) is 5.28. The van der Waals surface area contributed by atoms with Crippen LogP contribution in [0.15, 0.2) is 47.3 Å². The highest BCUT2D eigenvalue weighted by atomic mass is 35.5. The molecule has 174 valence electrons. The Morgan fingerprint density at radius 3 is 2.48 bits per heavy atom. The predicted molar refractivity (Wildman–Crippen MR) is 137 cm³/mol. The van der Waals surface area contributed by atoms with Gasteiger partial charge in [-0.2, -0.15) is 0 Å². The van der Waals surface area contributed by atoms with Gasteiger partial charge < -0.3 is 14.8 Å². The first-order chi connectivity index (χ1) is 15.9. The number of para-hydroxylation sites is 1. The summed E-state index contributed by atoms with van der Waals surface area (Å²) in [5.41, 5.74) is 1.72. The van der Waals surface area contributed by atoms with E-state index >= 15 is 0 Å². The molecule has 0 bridgehead atoms. The van der Waals surface area contributed by atoms with Crippen molar-refractivity contribution in [2.24, 2.45) is 0 Å². The highest BCUT2D eigenvalue weighted by Crippen LogP contribution is 2.27. The molecule has 3 aromatic rings. The first-order valence-electron chi connectivity index (χ1n) is 11.1. The molecule has 1 amide bonds. The summed E-state index contributed by atoms with van der Waals surface area (Å²) in [7, 11) is 0. The van der Waals surface area contributed by atoms with Gasteiger partial charge in [0.1, 0.15) is 0 Å². The number of unbranched alkanes of at least 4 members (excludes halogenated alkanes) is 2. The van der Waals surface area contributed by atoms with Gasteiger partial charge in [-0.1, -0.05) is 41.8 Å². The van der Waals surface area contributed by atoms with Gasteiger partial charge in [0, 0.05) is 44.8 Å². The molecule has 4 rings (SSSR count). The number of aromatic amines is 1. The molecule has 1 aliphatic rings. The van der Waals surface area contributed by atoms with Gasteiger partial charge in [0.15, 0.2) is 4.77 Å². The number of nitrogens with one attached hydrogen (secondary N) is 1. The van der Waals surface area contributed by atoms with Crippen LogP contribution in [0.5, 0.6) is 0 Å². The van der Waals surface area contributed by atoms with Gasteiger partial charge in [-0.15, -0.1) is 0 Å². The number of H-pyrrole nitrogens is 1. The lowest BCUT2D eigenvalue weighted by atomic mass is 10.1. The molecule has 0 spiro atoms. The topological polar surface area (TPSA) is 61.3 Å². The minimum absolute atomic E-state index is 0.0646. The summed E-state index contributed by atoms with van der Waals surface area (Å²) in [6.07, 6.45) is 2.98. The Labute approximate surface area is 207 Å². The lowest BCUT2D eigenvalue weighted by Crippen LogP contribution is -2.48. The zero-order chi connectivity index (χ0) is 23.4. The standard InChI is InChI=1S/C24H26Cl2N4O2S/c25-19-10-9-17(16-20(19)26)28-12-14-29(15-13-28)22(31)8-2-1-5-11-30-23(32)18-6-3-4-7-21(18)27-24(30)33/h3-4,6-7,9-10,16H,1-2,5,8,11-15H2,(H,27,33). The van der Waals surface area contributed by atoms with E-state index in [1.165, 1.54) is 0 Å². The molecule has 1 aromatic heterocycles. The minimum atomic E-state index is -0.0646. The van der Waals surface area contributed by atoms with Crippen LogP contribution in [0.4, 0.5) is 5.69 Å². The Bertz CT molecular complexity index is 1270. The van der Waals surface area contributed by atoms with Gasteiger partial charge in [0.05, 0.1) is 20.9 Å². The van der Waals surface area contributed by atoms with Crippen molar-refractivity contribution >= 4 is 57.9 Å². The maximum absolute atomic E-state index is 12.7. The number of carbonyl (C=O) groups is 1. The highest BCUT2D eigenvalue weighted by molar-refractivity contribution is 7.71. The van der Waals surface area contributed by atoms with Crippen molar-refractivity contribution in [3.63, 3.8) is 0 Å². The molecule has 9 heteroatoms. The summed E-state index contributed by atoms with van der Waals surface area (Å²) in [6, 6.07) is 13.0. The van der Waals surface area contributed by atoms with E-state index in [1.807, 2.05) is 35.2 Å². The number of fused-ring (bicyclic) bond motifs is 1. The number of halogens is 2. The van der Waals surface area contributed by atoms with Crippen molar-refractivity contribution in [2.45, 2.75) is 32.2 Å². The summed E-state index contributed by atoms with van der Waals surface area (Å²) in [6.45, 7) is 3.48. The molecule has 2 aromatic carbocycles. The Balaban J connectivity index is 1.21. The second-order valence-corrected chi connectivity index (χ2v) is 9.41. The molecule has 0 radical (unpaired) electrons. The number of hydrogen-bond donors (Lipinski definition) is 1. The Hall–Kier alpha value is -2.35. The molecular weight excluding hydrogens is 479 g/mol. The maximum atomic E-state index is 12.7. The van der Waals surface area contributed by atoms with Crippen molar-refractivity contribution in [1.29, 1.82) is 0 Å². The molecule has 33 heavy (non-hydrogen) atoms. The third-order valence-corrected chi connectivity index (χ3v) is 7.12. The molecule has 1 N–H and O–H groups in total. The van der Waals surface area contributed by atoms with E-state index in [4.69, 9.17) is 35.4 Å². The van der Waals surface area contributed by atoms with E-state index in [0.717, 1.165) is 43.6 Å². The Morgan fingerprint density at radius 2 is 1.73 bits per heavy atom. The van der Waals surface area contributed by atoms with Crippen molar-refractivity contribution in [3.05, 3.63) is 67.6 Å². The first kappa shape index (κ1) is 23.8. The third-order valence-electron chi connectivity index (χ3n) is 6.06. The number of anilines is 1. The van der Waals surface area contributed by atoms with E-state index in [0.29, 0.717) is 46.3 Å². The van der Waals surface area contributed by atoms with Crippen LogP contribution in [0.1, 0.15) is 25.7 Å². The van der Waals surface area contributed by atoms with E-state index in [-0.39, 0.29) is 11.5 Å². The number of amides is 1. The van der Waals surface area contributed by atoms with E-state index in [2.05, 4.69) is 9.88 Å². The molecule has 2 heterocycles. The molecule has 0 atom stereocenters. The second-order valence-electron chi connectivity index (χ2n) is 8.21. The van der Waals surface area contributed by atoms with Crippen LogP contribution in [-0.2, 0) is 11.3 Å². The minimum Gasteiger partial charge on any atom is -0.368 e. The normalized spacial score (nSPS) is 14.1. The van der Waals surface area contributed by atoms with Crippen LogP contribution in [0, 0.1) is 4.77 Å². The Morgan fingerprint density at radius 1 is 0.970 bits per heavy atom. The van der Waals surface area contributed by atoms with E-state index in [9.17, 15) is 9.59 Å². The van der Waals surface area contributed by atoms with Crippen molar-refractivity contribution in [3.8, 4) is 0 Å². The number of rotatable bonds is 7. The molecule has 0 saturated carbocycles. The lowest BCUT2D eigenvalue weighted by molar-refractivity contribution is -0.131. The van der Waals surface area contributed by atoms with Crippen LogP contribution in [-0.4, -0.2) is 46.5 Å².